The third-order valence-corrected chi connectivity index (χ3v) is 4.79. The van der Waals surface area contributed by atoms with Crippen LogP contribution < -0.4 is 10.2 Å². The van der Waals surface area contributed by atoms with E-state index in [0.717, 1.165) is 15.6 Å². The van der Waals surface area contributed by atoms with Crippen LogP contribution >= 0.6 is 15.9 Å². The zero-order valence-electron chi connectivity index (χ0n) is 16.0. The van der Waals surface area contributed by atoms with Crippen molar-refractivity contribution in [2.75, 3.05) is 0 Å². The fourth-order valence-electron chi connectivity index (χ4n) is 2.62. The molecule has 3 rings (SSSR count). The Balaban J connectivity index is 1.62. The Labute approximate surface area is 181 Å². The van der Waals surface area contributed by atoms with Gasteiger partial charge in [-0.3, -0.25) is 14.9 Å². The van der Waals surface area contributed by atoms with Crippen molar-refractivity contribution >= 4 is 33.2 Å². The summed E-state index contributed by atoms with van der Waals surface area (Å²) in [6.45, 7) is 2.18. The van der Waals surface area contributed by atoms with Crippen molar-refractivity contribution in [1.29, 1.82) is 0 Å². The molecule has 3 aromatic carbocycles. The first kappa shape index (κ1) is 21.2. The number of ether oxygens (including phenoxy) is 1. The largest absolute Gasteiger partial charge is 0.489 e. The summed E-state index contributed by atoms with van der Waals surface area (Å²) in [7, 11) is 0. The minimum atomic E-state index is -0.642. The van der Waals surface area contributed by atoms with Gasteiger partial charge in [0.25, 0.3) is 11.6 Å². The normalized spacial score (nSPS) is 11.1. The predicted molar refractivity (Wildman–Crippen MR) is 118 cm³/mol. The number of benzene rings is 3. The number of carbonyl (C=O) groups is 1. The molecule has 0 saturated carbocycles. The molecular formula is C22H18BrN3O4. The fourth-order valence-corrected chi connectivity index (χ4v) is 2.89. The summed E-state index contributed by atoms with van der Waals surface area (Å²) in [5.74, 6) is 0.0644. The van der Waals surface area contributed by atoms with Gasteiger partial charge in [-0.05, 0) is 60.5 Å². The number of hydrogen-bond donors (Lipinski definition) is 1. The lowest BCUT2D eigenvalue weighted by atomic mass is 10.1. The Kier molecular flexibility index (Phi) is 6.92. The first-order valence-corrected chi connectivity index (χ1v) is 9.79. The molecule has 0 aliphatic rings. The van der Waals surface area contributed by atoms with E-state index in [1.54, 1.807) is 13.0 Å². The number of nitrogens with zero attached hydrogens (tertiary/aromatic N) is 2. The molecule has 0 radical (unpaired) electrons. The summed E-state index contributed by atoms with van der Waals surface area (Å²) in [6, 6.07) is 20.9. The first-order valence-electron chi connectivity index (χ1n) is 9.00. The Morgan fingerprint density at radius 3 is 2.40 bits per heavy atom. The number of para-hydroxylation sites is 1. The molecule has 0 fully saturated rings. The molecule has 0 aromatic heterocycles. The molecule has 0 aliphatic heterocycles. The number of hydrazone groups is 1. The van der Waals surface area contributed by atoms with Crippen molar-refractivity contribution < 1.29 is 14.5 Å². The predicted octanol–water partition coefficient (Wildman–Crippen LogP) is 5.09. The Morgan fingerprint density at radius 1 is 1.07 bits per heavy atom. The van der Waals surface area contributed by atoms with Gasteiger partial charge in [0, 0.05) is 10.5 Å². The molecule has 30 heavy (non-hydrogen) atoms. The standard InChI is InChI=1S/C22H18BrN3O4/c1-15(24-25-22(27)20-4-2-3-5-21(20)26(28)29)17-8-12-19(13-9-17)30-14-16-6-10-18(23)11-7-16/h2-13H,14H2,1H3,(H,25,27)/b24-15-. The van der Waals surface area contributed by atoms with Gasteiger partial charge in [-0.25, -0.2) is 5.43 Å². The van der Waals surface area contributed by atoms with Crippen LogP contribution in [0.4, 0.5) is 5.69 Å². The molecule has 1 N–H and O–H groups in total. The van der Waals surface area contributed by atoms with E-state index < -0.39 is 10.8 Å². The van der Waals surface area contributed by atoms with Crippen molar-refractivity contribution in [3.63, 3.8) is 0 Å². The average molecular weight is 468 g/mol. The van der Waals surface area contributed by atoms with E-state index in [-0.39, 0.29) is 11.3 Å². The summed E-state index contributed by atoms with van der Waals surface area (Å²) < 4.78 is 6.78. The summed E-state index contributed by atoms with van der Waals surface area (Å²) in [6.07, 6.45) is 0. The highest BCUT2D eigenvalue weighted by Crippen LogP contribution is 2.18. The number of hydrogen-bond acceptors (Lipinski definition) is 5. The molecule has 0 bridgehead atoms. The highest BCUT2D eigenvalue weighted by molar-refractivity contribution is 9.10. The van der Waals surface area contributed by atoms with E-state index in [4.69, 9.17) is 4.74 Å². The second-order valence-electron chi connectivity index (χ2n) is 6.35. The van der Waals surface area contributed by atoms with Crippen LogP contribution in [0.25, 0.3) is 0 Å². The molecule has 0 saturated heterocycles. The van der Waals surface area contributed by atoms with E-state index in [1.165, 1.54) is 18.2 Å². The van der Waals surface area contributed by atoms with Crippen LogP contribution in [0.3, 0.4) is 0 Å². The number of halogens is 1. The van der Waals surface area contributed by atoms with Crippen LogP contribution in [0.15, 0.2) is 82.4 Å². The number of carbonyl (C=O) groups excluding carboxylic acids is 1. The Hall–Kier alpha value is -3.52. The topological polar surface area (TPSA) is 93.8 Å². The zero-order chi connectivity index (χ0) is 21.5. The van der Waals surface area contributed by atoms with Crippen molar-refractivity contribution in [2.45, 2.75) is 13.5 Å². The molecule has 7 nitrogen and oxygen atoms in total. The molecular weight excluding hydrogens is 450 g/mol. The average Bonchev–Trinajstić information content (AvgIpc) is 2.77. The smallest absolute Gasteiger partial charge is 0.282 e. The van der Waals surface area contributed by atoms with Gasteiger partial charge in [0.15, 0.2) is 0 Å². The quantitative estimate of drug-likeness (QED) is 0.297. The van der Waals surface area contributed by atoms with Gasteiger partial charge < -0.3 is 4.74 Å². The van der Waals surface area contributed by atoms with Crippen molar-refractivity contribution in [2.24, 2.45) is 5.10 Å². The van der Waals surface area contributed by atoms with Crippen molar-refractivity contribution in [3.05, 3.63) is 104 Å². The van der Waals surface area contributed by atoms with Crippen LogP contribution in [0.5, 0.6) is 5.75 Å². The molecule has 0 atom stereocenters. The van der Waals surface area contributed by atoms with E-state index in [1.807, 2.05) is 48.5 Å². The second-order valence-corrected chi connectivity index (χ2v) is 7.27. The van der Waals surface area contributed by atoms with Gasteiger partial charge in [0.1, 0.15) is 17.9 Å². The van der Waals surface area contributed by atoms with Gasteiger partial charge in [0.2, 0.25) is 0 Å². The summed E-state index contributed by atoms with van der Waals surface area (Å²) >= 11 is 3.40. The SMILES string of the molecule is C/C(=N/NC(=O)c1ccccc1[N+](=O)[O-])c1ccc(OCc2ccc(Br)cc2)cc1. The van der Waals surface area contributed by atoms with E-state index in [9.17, 15) is 14.9 Å². The number of nitro benzene ring substituents is 1. The molecule has 0 spiro atoms. The van der Waals surface area contributed by atoms with Gasteiger partial charge in [-0.1, -0.05) is 40.2 Å². The third kappa shape index (κ3) is 5.51. The molecule has 0 heterocycles. The highest BCUT2D eigenvalue weighted by atomic mass is 79.9. The van der Waals surface area contributed by atoms with Crippen molar-refractivity contribution in [3.8, 4) is 5.75 Å². The monoisotopic (exact) mass is 467 g/mol. The number of nitrogens with one attached hydrogen (secondary N) is 1. The molecule has 8 heteroatoms. The molecule has 152 valence electrons. The van der Waals surface area contributed by atoms with E-state index >= 15 is 0 Å². The van der Waals surface area contributed by atoms with Crippen LogP contribution in [-0.2, 0) is 6.61 Å². The van der Waals surface area contributed by atoms with Crippen LogP contribution in [0.2, 0.25) is 0 Å². The Morgan fingerprint density at radius 2 is 1.73 bits per heavy atom. The molecule has 0 unspecified atom stereocenters. The minimum absolute atomic E-state index is 0.0456. The Bertz CT molecular complexity index is 1080. The van der Waals surface area contributed by atoms with E-state index in [2.05, 4.69) is 26.5 Å². The van der Waals surface area contributed by atoms with Gasteiger partial charge in [-0.2, -0.15) is 5.10 Å². The van der Waals surface area contributed by atoms with Crippen molar-refractivity contribution in [1.82, 2.24) is 5.43 Å². The molecule has 0 aliphatic carbocycles. The lowest BCUT2D eigenvalue weighted by Crippen LogP contribution is -2.20. The van der Waals surface area contributed by atoms with E-state index in [0.29, 0.717) is 18.1 Å². The maximum atomic E-state index is 12.3. The molecule has 3 aromatic rings. The van der Waals surface area contributed by atoms with Crippen LogP contribution in [0, 0.1) is 10.1 Å². The fraction of sp³-hybridized carbons (Fsp3) is 0.0909. The minimum Gasteiger partial charge on any atom is -0.489 e. The van der Waals surface area contributed by atoms with Crippen LogP contribution in [-0.4, -0.2) is 16.5 Å². The van der Waals surface area contributed by atoms with Gasteiger partial charge >= 0.3 is 0 Å². The first-order chi connectivity index (χ1) is 14.4. The van der Waals surface area contributed by atoms with Gasteiger partial charge in [-0.15, -0.1) is 0 Å². The number of rotatable bonds is 7. The zero-order valence-corrected chi connectivity index (χ0v) is 17.6. The van der Waals surface area contributed by atoms with Crippen LogP contribution in [0.1, 0.15) is 28.4 Å². The molecule has 1 amide bonds. The summed E-state index contributed by atoms with van der Waals surface area (Å²) in [4.78, 5) is 22.7. The highest BCUT2D eigenvalue weighted by Gasteiger charge is 2.18. The maximum Gasteiger partial charge on any atom is 0.282 e. The lowest BCUT2D eigenvalue weighted by molar-refractivity contribution is -0.385. The number of nitro groups is 1. The lowest BCUT2D eigenvalue weighted by Gasteiger charge is -2.08. The summed E-state index contributed by atoms with van der Waals surface area (Å²) in [5.41, 5.74) is 4.45. The maximum absolute atomic E-state index is 12.3. The van der Waals surface area contributed by atoms with Gasteiger partial charge in [0.05, 0.1) is 10.6 Å². The number of amides is 1. The summed E-state index contributed by atoms with van der Waals surface area (Å²) in [5, 5.41) is 15.1. The second kappa shape index (κ2) is 9.80. The third-order valence-electron chi connectivity index (χ3n) is 4.26.